The molecule has 1 nitrogen and oxygen atoms in total. The lowest BCUT2D eigenvalue weighted by molar-refractivity contribution is 0.476. The second-order valence-corrected chi connectivity index (χ2v) is 6.03. The van der Waals surface area contributed by atoms with Gasteiger partial charge in [-0.3, -0.25) is 0 Å². The number of benzene rings is 2. The Hall–Kier alpha value is -1.60. The maximum atomic E-state index is 3.56. The van der Waals surface area contributed by atoms with Crippen molar-refractivity contribution in [3.05, 3.63) is 70.3 Å². The van der Waals surface area contributed by atoms with Gasteiger partial charge >= 0.3 is 0 Å². The van der Waals surface area contributed by atoms with Crippen molar-refractivity contribution in [1.29, 1.82) is 0 Å². The van der Waals surface area contributed by atoms with Crippen LogP contribution in [-0.2, 0) is 6.42 Å². The minimum Gasteiger partial charge on any atom is -0.312 e. The number of fused-ring (bicyclic) bond motifs is 1. The highest BCUT2D eigenvalue weighted by molar-refractivity contribution is 5.39. The number of likely N-dealkylation sites (N-methyl/N-ethyl adjacent to an activating group) is 1. The van der Waals surface area contributed by atoms with E-state index in [-0.39, 0.29) is 0 Å². The Bertz CT molecular complexity index is 595. The van der Waals surface area contributed by atoms with E-state index in [2.05, 4.69) is 68.7 Å². The van der Waals surface area contributed by atoms with E-state index in [0.29, 0.717) is 12.0 Å². The standard InChI is InChI=1S/C19H23N/c1-13-10-14(2)12-16(11-13)19(20-3)18-9-8-15-6-4-5-7-17(15)18/h4-7,10-12,18-20H,8-9H2,1-3H3. The van der Waals surface area contributed by atoms with E-state index in [1.54, 1.807) is 0 Å². The summed E-state index contributed by atoms with van der Waals surface area (Å²) in [6.07, 6.45) is 2.46. The molecular weight excluding hydrogens is 242 g/mol. The molecule has 0 aliphatic heterocycles. The van der Waals surface area contributed by atoms with E-state index < -0.39 is 0 Å². The van der Waals surface area contributed by atoms with Crippen LogP contribution in [0, 0.1) is 13.8 Å². The normalized spacial score (nSPS) is 18.9. The van der Waals surface area contributed by atoms with Crippen LogP contribution in [0.15, 0.2) is 42.5 Å². The van der Waals surface area contributed by atoms with Crippen molar-refractivity contribution >= 4 is 0 Å². The third-order valence-corrected chi connectivity index (χ3v) is 4.50. The van der Waals surface area contributed by atoms with Crippen LogP contribution in [0.25, 0.3) is 0 Å². The summed E-state index contributed by atoms with van der Waals surface area (Å²) < 4.78 is 0. The summed E-state index contributed by atoms with van der Waals surface area (Å²) in [4.78, 5) is 0. The van der Waals surface area contributed by atoms with E-state index in [9.17, 15) is 0 Å². The zero-order chi connectivity index (χ0) is 14.1. The first-order valence-corrected chi connectivity index (χ1v) is 7.52. The summed E-state index contributed by atoms with van der Waals surface area (Å²) in [5, 5.41) is 3.56. The molecule has 3 rings (SSSR count). The molecule has 0 aromatic heterocycles. The molecule has 20 heavy (non-hydrogen) atoms. The van der Waals surface area contributed by atoms with Gasteiger partial charge in [-0.1, -0.05) is 53.6 Å². The van der Waals surface area contributed by atoms with Crippen LogP contribution in [-0.4, -0.2) is 7.05 Å². The Kier molecular flexibility index (Phi) is 3.62. The minimum atomic E-state index is 0.414. The van der Waals surface area contributed by atoms with Gasteiger partial charge in [0.2, 0.25) is 0 Å². The first-order chi connectivity index (χ1) is 9.69. The highest BCUT2D eigenvalue weighted by Crippen LogP contribution is 2.41. The van der Waals surface area contributed by atoms with Crippen molar-refractivity contribution in [2.24, 2.45) is 0 Å². The second kappa shape index (κ2) is 5.41. The lowest BCUT2D eigenvalue weighted by atomic mass is 9.87. The second-order valence-electron chi connectivity index (χ2n) is 6.03. The fraction of sp³-hybridized carbons (Fsp3) is 0.368. The Morgan fingerprint density at radius 2 is 1.75 bits per heavy atom. The van der Waals surface area contributed by atoms with Crippen LogP contribution in [0.4, 0.5) is 0 Å². The molecule has 1 aliphatic rings. The van der Waals surface area contributed by atoms with Gasteiger partial charge in [0.15, 0.2) is 0 Å². The summed E-state index contributed by atoms with van der Waals surface area (Å²) in [7, 11) is 2.09. The summed E-state index contributed by atoms with van der Waals surface area (Å²) in [5.74, 6) is 0.595. The van der Waals surface area contributed by atoms with Gasteiger partial charge in [0, 0.05) is 12.0 Å². The molecule has 2 aromatic carbocycles. The molecule has 2 atom stereocenters. The summed E-state index contributed by atoms with van der Waals surface area (Å²) in [6, 6.07) is 16.2. The molecule has 1 N–H and O–H groups in total. The van der Waals surface area contributed by atoms with Crippen molar-refractivity contribution in [1.82, 2.24) is 5.32 Å². The molecule has 0 fully saturated rings. The predicted octanol–water partition coefficient (Wildman–Crippen LogP) is 4.29. The maximum Gasteiger partial charge on any atom is 0.0387 e. The zero-order valence-electron chi connectivity index (χ0n) is 12.6. The maximum absolute atomic E-state index is 3.56. The average Bonchev–Trinajstić information content (AvgIpc) is 2.83. The van der Waals surface area contributed by atoms with Crippen LogP contribution in [0.1, 0.15) is 46.2 Å². The molecule has 2 aromatic rings. The Morgan fingerprint density at radius 1 is 1.05 bits per heavy atom. The van der Waals surface area contributed by atoms with E-state index in [4.69, 9.17) is 0 Å². The zero-order valence-corrected chi connectivity index (χ0v) is 12.6. The molecule has 0 heterocycles. The number of hydrogen-bond donors (Lipinski definition) is 1. The molecule has 1 heteroatoms. The molecule has 0 saturated carbocycles. The first-order valence-electron chi connectivity index (χ1n) is 7.52. The molecule has 1 aliphatic carbocycles. The smallest absolute Gasteiger partial charge is 0.0387 e. The fourth-order valence-electron chi connectivity index (χ4n) is 3.73. The largest absolute Gasteiger partial charge is 0.312 e. The SMILES string of the molecule is CNC(c1cc(C)cc(C)c1)C1CCc2ccccc21. The molecule has 0 bridgehead atoms. The van der Waals surface area contributed by atoms with E-state index in [1.807, 2.05) is 0 Å². The van der Waals surface area contributed by atoms with E-state index >= 15 is 0 Å². The van der Waals surface area contributed by atoms with Crippen molar-refractivity contribution in [3.63, 3.8) is 0 Å². The van der Waals surface area contributed by atoms with Crippen molar-refractivity contribution < 1.29 is 0 Å². The van der Waals surface area contributed by atoms with Crippen molar-refractivity contribution in [2.45, 2.75) is 38.6 Å². The minimum absolute atomic E-state index is 0.414. The lowest BCUT2D eigenvalue weighted by Crippen LogP contribution is -2.23. The third kappa shape index (κ3) is 2.38. The van der Waals surface area contributed by atoms with Gasteiger partial charge in [-0.2, -0.15) is 0 Å². The quantitative estimate of drug-likeness (QED) is 0.872. The topological polar surface area (TPSA) is 12.0 Å². The summed E-state index contributed by atoms with van der Waals surface area (Å²) in [5.41, 5.74) is 7.19. The molecular formula is C19H23N. The van der Waals surface area contributed by atoms with Crippen molar-refractivity contribution in [2.75, 3.05) is 7.05 Å². The number of rotatable bonds is 3. The molecule has 0 amide bonds. The van der Waals surface area contributed by atoms with Gasteiger partial charge < -0.3 is 5.32 Å². The highest BCUT2D eigenvalue weighted by atomic mass is 14.9. The van der Waals surface area contributed by atoms with Gasteiger partial charge in [-0.15, -0.1) is 0 Å². The Labute approximate surface area is 122 Å². The number of hydrogen-bond acceptors (Lipinski definition) is 1. The molecule has 0 spiro atoms. The first kappa shape index (κ1) is 13.4. The Morgan fingerprint density at radius 3 is 2.45 bits per heavy atom. The van der Waals surface area contributed by atoms with Crippen LogP contribution < -0.4 is 5.32 Å². The summed E-state index contributed by atoms with van der Waals surface area (Å²) in [6.45, 7) is 4.37. The van der Waals surface area contributed by atoms with Gasteiger partial charge in [-0.05, 0) is 50.4 Å². The molecule has 104 valence electrons. The van der Waals surface area contributed by atoms with Crippen LogP contribution in [0.3, 0.4) is 0 Å². The van der Waals surface area contributed by atoms with E-state index in [0.717, 1.165) is 0 Å². The molecule has 2 unspecified atom stereocenters. The van der Waals surface area contributed by atoms with Gasteiger partial charge in [0.05, 0.1) is 0 Å². The van der Waals surface area contributed by atoms with Crippen molar-refractivity contribution in [3.8, 4) is 0 Å². The fourth-order valence-corrected chi connectivity index (χ4v) is 3.73. The Balaban J connectivity index is 1.99. The van der Waals surface area contributed by atoms with E-state index in [1.165, 1.54) is 40.7 Å². The van der Waals surface area contributed by atoms with Gasteiger partial charge in [0.1, 0.15) is 0 Å². The monoisotopic (exact) mass is 265 g/mol. The van der Waals surface area contributed by atoms with Crippen LogP contribution in [0.5, 0.6) is 0 Å². The highest BCUT2D eigenvalue weighted by Gasteiger charge is 2.29. The lowest BCUT2D eigenvalue weighted by Gasteiger charge is -2.25. The van der Waals surface area contributed by atoms with Gasteiger partial charge in [-0.25, -0.2) is 0 Å². The predicted molar refractivity (Wildman–Crippen MR) is 85.2 cm³/mol. The van der Waals surface area contributed by atoms with Crippen LogP contribution >= 0.6 is 0 Å². The summed E-state index contributed by atoms with van der Waals surface area (Å²) >= 11 is 0. The third-order valence-electron chi connectivity index (χ3n) is 4.50. The van der Waals surface area contributed by atoms with Crippen LogP contribution in [0.2, 0.25) is 0 Å². The average molecular weight is 265 g/mol. The number of nitrogens with one attached hydrogen (secondary N) is 1. The molecule has 0 radical (unpaired) electrons. The van der Waals surface area contributed by atoms with Gasteiger partial charge in [0.25, 0.3) is 0 Å². The number of aryl methyl sites for hydroxylation is 3. The molecule has 0 saturated heterocycles.